The second kappa shape index (κ2) is 9.71. The van der Waals surface area contributed by atoms with Crippen molar-refractivity contribution < 1.29 is 4.39 Å². The number of pyridine rings is 2. The molecule has 0 spiro atoms. The van der Waals surface area contributed by atoms with E-state index in [0.29, 0.717) is 5.65 Å². The van der Waals surface area contributed by atoms with Crippen LogP contribution in [0.3, 0.4) is 0 Å². The number of H-pyrrole nitrogens is 2. The summed E-state index contributed by atoms with van der Waals surface area (Å²) in [6.07, 6.45) is 9.65. The number of rotatable bonds is 7. The van der Waals surface area contributed by atoms with Gasteiger partial charge in [-0.1, -0.05) is 36.9 Å². The van der Waals surface area contributed by atoms with Gasteiger partial charge in [-0.15, -0.1) is 0 Å². The molecular formula is C29H27FN6. The van der Waals surface area contributed by atoms with E-state index in [4.69, 9.17) is 0 Å². The standard InChI is InChI=1S/C29H27FN6/c1-5-18(17-36(3)4)12-19(6-2)21-14-25-27(34-35-29(25)32-16-21)26-15-24-23(10-11-31-28(24)33-26)20-8-7-9-22(30)13-20/h5-16H,1,17H2,2-4H3,(H,31,33)(H,32,34,35)/b18-12+,19-6+. The molecule has 5 rings (SSSR count). The lowest BCUT2D eigenvalue weighted by Crippen LogP contribution is -2.14. The SMILES string of the molecule is C=C/C(=C\C(=C/C)c1cnc2n[nH]c(-c3cc4c(-c5cccc(F)c5)ccnc4[nH]3)c2c1)CN(C)C. The van der Waals surface area contributed by atoms with E-state index >= 15 is 0 Å². The van der Waals surface area contributed by atoms with Gasteiger partial charge in [-0.2, -0.15) is 5.10 Å². The molecular weight excluding hydrogens is 451 g/mol. The normalized spacial score (nSPS) is 12.7. The number of nitrogens with one attached hydrogen (secondary N) is 2. The molecule has 0 unspecified atom stereocenters. The van der Waals surface area contributed by atoms with E-state index < -0.39 is 0 Å². The molecule has 6 nitrogen and oxygen atoms in total. The number of halogens is 1. The van der Waals surface area contributed by atoms with Gasteiger partial charge >= 0.3 is 0 Å². The molecule has 180 valence electrons. The van der Waals surface area contributed by atoms with Crippen LogP contribution in [0.4, 0.5) is 4.39 Å². The first kappa shape index (κ1) is 23.4. The minimum absolute atomic E-state index is 0.273. The molecule has 0 radical (unpaired) electrons. The lowest BCUT2D eigenvalue weighted by Gasteiger charge is -2.11. The zero-order chi connectivity index (χ0) is 25.2. The first-order chi connectivity index (χ1) is 17.5. The van der Waals surface area contributed by atoms with Crippen molar-refractivity contribution in [3.63, 3.8) is 0 Å². The van der Waals surface area contributed by atoms with Crippen LogP contribution in [0.2, 0.25) is 0 Å². The van der Waals surface area contributed by atoms with Crippen molar-refractivity contribution in [2.75, 3.05) is 20.6 Å². The maximum Gasteiger partial charge on any atom is 0.181 e. The average molecular weight is 479 g/mol. The fourth-order valence-corrected chi connectivity index (χ4v) is 4.40. The van der Waals surface area contributed by atoms with Gasteiger partial charge in [-0.3, -0.25) is 5.10 Å². The zero-order valence-corrected chi connectivity index (χ0v) is 20.5. The summed E-state index contributed by atoms with van der Waals surface area (Å²) >= 11 is 0. The Morgan fingerprint density at radius 3 is 2.72 bits per heavy atom. The number of allylic oxidation sites excluding steroid dienone is 3. The van der Waals surface area contributed by atoms with Crippen molar-refractivity contribution in [1.29, 1.82) is 0 Å². The molecule has 4 heterocycles. The van der Waals surface area contributed by atoms with Crippen molar-refractivity contribution in [3.8, 4) is 22.5 Å². The highest BCUT2D eigenvalue weighted by Crippen LogP contribution is 2.34. The predicted octanol–water partition coefficient (Wildman–Crippen LogP) is 6.38. The largest absolute Gasteiger partial charge is 0.338 e. The molecule has 1 aromatic carbocycles. The highest BCUT2D eigenvalue weighted by atomic mass is 19.1. The third kappa shape index (κ3) is 4.48. The third-order valence-corrected chi connectivity index (χ3v) is 6.09. The quantitative estimate of drug-likeness (QED) is 0.266. The van der Waals surface area contributed by atoms with E-state index in [-0.39, 0.29) is 5.82 Å². The summed E-state index contributed by atoms with van der Waals surface area (Å²) in [5.41, 5.74) is 7.86. The van der Waals surface area contributed by atoms with Crippen molar-refractivity contribution >= 4 is 27.6 Å². The number of aromatic nitrogens is 5. The van der Waals surface area contributed by atoms with Crippen LogP contribution in [0.1, 0.15) is 12.5 Å². The third-order valence-electron chi connectivity index (χ3n) is 6.09. The molecule has 0 saturated carbocycles. The summed E-state index contributed by atoms with van der Waals surface area (Å²) in [6, 6.07) is 12.6. The fourth-order valence-electron chi connectivity index (χ4n) is 4.40. The Bertz CT molecular complexity index is 1640. The summed E-state index contributed by atoms with van der Waals surface area (Å²) in [6.45, 7) is 6.77. The van der Waals surface area contributed by atoms with Gasteiger partial charge in [0.1, 0.15) is 11.5 Å². The van der Waals surface area contributed by atoms with Crippen LogP contribution in [0.15, 0.2) is 85.2 Å². The van der Waals surface area contributed by atoms with E-state index in [1.807, 2.05) is 51.5 Å². The molecule has 36 heavy (non-hydrogen) atoms. The van der Waals surface area contributed by atoms with Crippen LogP contribution in [-0.4, -0.2) is 50.7 Å². The van der Waals surface area contributed by atoms with E-state index in [2.05, 4.69) is 54.8 Å². The van der Waals surface area contributed by atoms with Crippen LogP contribution in [0, 0.1) is 5.82 Å². The summed E-state index contributed by atoms with van der Waals surface area (Å²) in [5, 5.41) is 9.35. The fraction of sp³-hybridized carbons (Fsp3) is 0.138. The molecule has 0 amide bonds. The number of hydrogen-bond donors (Lipinski definition) is 2. The van der Waals surface area contributed by atoms with Gasteiger partial charge in [0.25, 0.3) is 0 Å². The van der Waals surface area contributed by atoms with Gasteiger partial charge < -0.3 is 9.88 Å². The monoisotopic (exact) mass is 478 g/mol. The number of benzene rings is 1. The minimum atomic E-state index is -0.273. The van der Waals surface area contributed by atoms with E-state index in [1.54, 1.807) is 12.3 Å². The number of nitrogens with zero attached hydrogens (tertiary/aromatic N) is 4. The van der Waals surface area contributed by atoms with Crippen LogP contribution < -0.4 is 0 Å². The van der Waals surface area contributed by atoms with Crippen LogP contribution >= 0.6 is 0 Å². The Morgan fingerprint density at radius 2 is 1.97 bits per heavy atom. The molecule has 0 fully saturated rings. The molecule has 7 heteroatoms. The van der Waals surface area contributed by atoms with Gasteiger partial charge in [0.15, 0.2) is 5.65 Å². The van der Waals surface area contributed by atoms with Gasteiger partial charge in [0, 0.05) is 35.3 Å². The second-order valence-corrected chi connectivity index (χ2v) is 8.91. The Kier molecular flexibility index (Phi) is 6.31. The molecule has 0 aliphatic rings. The highest BCUT2D eigenvalue weighted by Gasteiger charge is 2.15. The number of likely N-dealkylation sites (N-methyl/N-ethyl adjacent to an activating group) is 1. The van der Waals surface area contributed by atoms with E-state index in [1.165, 1.54) is 12.1 Å². The predicted molar refractivity (Wildman–Crippen MR) is 145 cm³/mol. The number of aromatic amines is 2. The molecule has 4 aromatic heterocycles. The van der Waals surface area contributed by atoms with Gasteiger partial charge in [-0.05, 0) is 73.6 Å². The summed E-state index contributed by atoms with van der Waals surface area (Å²) in [7, 11) is 4.07. The second-order valence-electron chi connectivity index (χ2n) is 8.91. The lowest BCUT2D eigenvalue weighted by molar-refractivity contribution is 0.449. The first-order valence-electron chi connectivity index (χ1n) is 11.7. The maximum atomic E-state index is 13.9. The molecule has 0 aliphatic heterocycles. The van der Waals surface area contributed by atoms with Crippen molar-refractivity contribution in [1.82, 2.24) is 30.0 Å². The maximum absolute atomic E-state index is 13.9. The first-order valence-corrected chi connectivity index (χ1v) is 11.7. The Labute approximate surface area is 208 Å². The summed E-state index contributed by atoms with van der Waals surface area (Å²) in [5.74, 6) is -0.273. The van der Waals surface area contributed by atoms with E-state index in [0.717, 1.165) is 62.2 Å². The van der Waals surface area contributed by atoms with Gasteiger partial charge in [0.05, 0.1) is 11.4 Å². The van der Waals surface area contributed by atoms with Crippen LogP contribution in [0.5, 0.6) is 0 Å². The molecule has 5 aromatic rings. The summed E-state index contributed by atoms with van der Waals surface area (Å²) in [4.78, 5) is 14.6. The van der Waals surface area contributed by atoms with E-state index in [9.17, 15) is 4.39 Å². The Balaban J connectivity index is 1.59. The minimum Gasteiger partial charge on any atom is -0.338 e. The number of fused-ring (bicyclic) bond motifs is 2. The summed E-state index contributed by atoms with van der Waals surface area (Å²) < 4.78 is 13.9. The zero-order valence-electron chi connectivity index (χ0n) is 20.5. The van der Waals surface area contributed by atoms with Gasteiger partial charge in [-0.25, -0.2) is 14.4 Å². The van der Waals surface area contributed by atoms with Crippen LogP contribution in [-0.2, 0) is 0 Å². The highest BCUT2D eigenvalue weighted by molar-refractivity contribution is 5.99. The molecule has 0 saturated heterocycles. The molecule has 0 atom stereocenters. The molecule has 0 aliphatic carbocycles. The Hall–Kier alpha value is -4.36. The molecule has 0 bridgehead atoms. The molecule has 2 N–H and O–H groups in total. The van der Waals surface area contributed by atoms with Crippen LogP contribution in [0.25, 0.3) is 50.2 Å². The lowest BCUT2D eigenvalue weighted by atomic mass is 10.0. The van der Waals surface area contributed by atoms with Crippen molar-refractivity contribution in [2.24, 2.45) is 0 Å². The van der Waals surface area contributed by atoms with Gasteiger partial charge in [0.2, 0.25) is 0 Å². The number of hydrogen-bond acceptors (Lipinski definition) is 4. The Morgan fingerprint density at radius 1 is 1.11 bits per heavy atom. The van der Waals surface area contributed by atoms with Crippen molar-refractivity contribution in [3.05, 3.63) is 96.6 Å². The smallest absolute Gasteiger partial charge is 0.181 e. The average Bonchev–Trinajstić information content (AvgIpc) is 3.49. The topological polar surface area (TPSA) is 73.5 Å². The van der Waals surface area contributed by atoms with Crippen molar-refractivity contribution in [2.45, 2.75) is 6.92 Å².